The van der Waals surface area contributed by atoms with Crippen LogP contribution in [-0.2, 0) is 44.7 Å². The highest BCUT2D eigenvalue weighted by Crippen LogP contribution is 2.42. The fraction of sp³-hybridized carbons (Fsp3) is 0.458. The maximum absolute atomic E-state index is 13.1. The van der Waals surface area contributed by atoms with Crippen molar-refractivity contribution < 1.29 is 57.0 Å². The molecule has 0 saturated carbocycles. The Kier molecular flexibility index (Phi) is 16.2. The molecule has 0 aromatic heterocycles. The van der Waals surface area contributed by atoms with Gasteiger partial charge in [0, 0.05) is 38.3 Å². The molecular formula is C48H60N2O12. The number of ether oxygens (including phenoxy) is 10. The van der Waals surface area contributed by atoms with Gasteiger partial charge >= 0.3 is 5.97 Å². The van der Waals surface area contributed by atoms with Gasteiger partial charge < -0.3 is 47.4 Å². The first-order chi connectivity index (χ1) is 30.2. The van der Waals surface area contributed by atoms with E-state index >= 15 is 0 Å². The third kappa shape index (κ3) is 10.8. The molecule has 4 aromatic rings. The number of Topliss-reactive ketones (excluding diaryl/α,β-unsaturated/α-hetero) is 1. The molecule has 14 nitrogen and oxygen atoms in total. The summed E-state index contributed by atoms with van der Waals surface area (Å²) >= 11 is 0. The number of rotatable bonds is 22. The SMILES string of the molecule is COc1ccc(CC2c3cc(OC)c(OC)cc3CCN2CCOCC(=O)COC(=O)CCN2CCc3cc(OC)c(OC)cc3C2Cc2ccc(OC)c(OC)c2)cc1OC. The minimum atomic E-state index is -0.446. The number of esters is 1. The lowest BCUT2D eigenvalue weighted by atomic mass is 9.88. The molecule has 334 valence electrons. The largest absolute Gasteiger partial charge is 0.493 e. The first kappa shape index (κ1) is 45.8. The maximum atomic E-state index is 13.1. The van der Waals surface area contributed by atoms with E-state index in [1.54, 1.807) is 56.9 Å². The van der Waals surface area contributed by atoms with E-state index in [1.165, 1.54) is 5.56 Å². The highest BCUT2D eigenvalue weighted by molar-refractivity contribution is 5.83. The van der Waals surface area contributed by atoms with Crippen LogP contribution in [0, 0.1) is 0 Å². The molecule has 62 heavy (non-hydrogen) atoms. The minimum absolute atomic E-state index is 0.00575. The zero-order chi connectivity index (χ0) is 44.2. The molecule has 14 heteroatoms. The number of carbonyl (C=O) groups excluding carboxylic acids is 2. The molecular weight excluding hydrogens is 797 g/mol. The number of hydrogen-bond acceptors (Lipinski definition) is 14. The van der Waals surface area contributed by atoms with Crippen LogP contribution in [0.1, 0.15) is 51.9 Å². The highest BCUT2D eigenvalue weighted by atomic mass is 16.5. The van der Waals surface area contributed by atoms with Crippen molar-refractivity contribution in [1.29, 1.82) is 0 Å². The molecule has 0 fully saturated rings. The second-order valence-corrected chi connectivity index (χ2v) is 15.2. The summed E-state index contributed by atoms with van der Waals surface area (Å²) in [6, 6.07) is 20.0. The van der Waals surface area contributed by atoms with E-state index in [0.717, 1.165) is 53.7 Å². The van der Waals surface area contributed by atoms with Gasteiger partial charge in [-0.15, -0.1) is 0 Å². The standard InChI is InChI=1S/C48H60N2O12/c1-53-40-11-9-31(23-42(40)55-3)21-38-36-27-46(59-7)44(57-5)25-33(36)13-16-49(38)18-15-48(52)62-30-35(51)29-61-20-19-50-17-14-34-26-45(58-6)47(60-8)28-37(34)39(50)22-32-10-12-41(54-2)43(24-32)56-4/h9-12,23-28,38-39H,13-22,29-30H2,1-8H3. The van der Waals surface area contributed by atoms with Gasteiger partial charge in [0.25, 0.3) is 0 Å². The Labute approximate surface area is 364 Å². The van der Waals surface area contributed by atoms with Crippen LogP contribution in [-0.4, -0.2) is 124 Å². The maximum Gasteiger partial charge on any atom is 0.307 e. The molecule has 4 aromatic carbocycles. The lowest BCUT2D eigenvalue weighted by Gasteiger charge is -2.38. The molecule has 2 aliphatic rings. The first-order valence-corrected chi connectivity index (χ1v) is 20.8. The zero-order valence-corrected chi connectivity index (χ0v) is 37.2. The molecule has 2 aliphatic heterocycles. The van der Waals surface area contributed by atoms with Crippen LogP contribution >= 0.6 is 0 Å². The molecule has 0 aliphatic carbocycles. The van der Waals surface area contributed by atoms with E-state index < -0.39 is 5.97 Å². The summed E-state index contributed by atoms with van der Waals surface area (Å²) in [5.41, 5.74) is 6.74. The van der Waals surface area contributed by atoms with Crippen molar-refractivity contribution in [3.05, 3.63) is 94.0 Å². The molecule has 0 N–H and O–H groups in total. The summed E-state index contributed by atoms with van der Waals surface area (Å²) in [4.78, 5) is 30.6. The van der Waals surface area contributed by atoms with Gasteiger partial charge in [-0.1, -0.05) is 12.1 Å². The van der Waals surface area contributed by atoms with Gasteiger partial charge in [0.2, 0.25) is 0 Å². The Morgan fingerprint density at radius 1 is 0.516 bits per heavy atom. The van der Waals surface area contributed by atoms with Gasteiger partial charge in [-0.2, -0.15) is 0 Å². The molecule has 2 heterocycles. The van der Waals surface area contributed by atoms with Crippen molar-refractivity contribution in [2.75, 3.05) is 103 Å². The van der Waals surface area contributed by atoms with Gasteiger partial charge in [-0.25, -0.2) is 0 Å². The van der Waals surface area contributed by atoms with Crippen LogP contribution in [0.15, 0.2) is 60.7 Å². The number of nitrogens with zero attached hydrogens (tertiary/aromatic N) is 2. The van der Waals surface area contributed by atoms with E-state index in [2.05, 4.69) is 21.9 Å². The monoisotopic (exact) mass is 856 g/mol. The van der Waals surface area contributed by atoms with Gasteiger partial charge in [-0.05, 0) is 108 Å². The van der Waals surface area contributed by atoms with Gasteiger partial charge in [0.1, 0.15) is 6.61 Å². The number of carbonyl (C=O) groups is 2. The second-order valence-electron chi connectivity index (χ2n) is 15.2. The van der Waals surface area contributed by atoms with E-state index in [0.29, 0.717) is 78.5 Å². The lowest BCUT2D eigenvalue weighted by Crippen LogP contribution is -2.39. The second kappa shape index (κ2) is 21.9. The normalized spacial score (nSPS) is 16.1. The molecule has 0 amide bonds. The summed E-state index contributed by atoms with van der Waals surface area (Å²) in [6.45, 7) is 2.34. The Balaban J connectivity index is 1.04. The van der Waals surface area contributed by atoms with Crippen molar-refractivity contribution in [3.8, 4) is 46.0 Å². The average Bonchev–Trinajstić information content (AvgIpc) is 3.31. The Hall–Kier alpha value is -5.70. The van der Waals surface area contributed by atoms with Crippen LogP contribution < -0.4 is 37.9 Å². The molecule has 0 saturated heterocycles. The average molecular weight is 857 g/mol. The number of fused-ring (bicyclic) bond motifs is 2. The molecule has 0 radical (unpaired) electrons. The Morgan fingerprint density at radius 2 is 0.935 bits per heavy atom. The van der Waals surface area contributed by atoms with E-state index in [1.807, 2.05) is 48.5 Å². The van der Waals surface area contributed by atoms with Crippen molar-refractivity contribution in [3.63, 3.8) is 0 Å². The van der Waals surface area contributed by atoms with Gasteiger partial charge in [0.05, 0.1) is 69.9 Å². The summed E-state index contributed by atoms with van der Waals surface area (Å²) in [7, 11) is 13.0. The molecule has 0 spiro atoms. The molecule has 2 atom stereocenters. The van der Waals surface area contributed by atoms with Crippen LogP contribution in [0.2, 0.25) is 0 Å². The van der Waals surface area contributed by atoms with Crippen molar-refractivity contribution >= 4 is 11.8 Å². The summed E-state index contributed by atoms with van der Waals surface area (Å²) < 4.78 is 56.0. The van der Waals surface area contributed by atoms with Gasteiger partial charge in [0.15, 0.2) is 58.4 Å². The zero-order valence-electron chi connectivity index (χ0n) is 37.2. The smallest absolute Gasteiger partial charge is 0.307 e. The number of ketones is 1. The molecule has 0 bridgehead atoms. The lowest BCUT2D eigenvalue weighted by molar-refractivity contribution is -0.149. The first-order valence-electron chi connectivity index (χ1n) is 20.8. The van der Waals surface area contributed by atoms with E-state index in [9.17, 15) is 9.59 Å². The number of methoxy groups -OCH3 is 8. The fourth-order valence-corrected chi connectivity index (χ4v) is 8.51. The molecule has 6 rings (SSSR count). The van der Waals surface area contributed by atoms with E-state index in [-0.39, 0.29) is 37.5 Å². The summed E-state index contributed by atoms with van der Waals surface area (Å²) in [6.07, 6.45) is 3.05. The highest BCUT2D eigenvalue weighted by Gasteiger charge is 2.32. The quantitative estimate of drug-likeness (QED) is 0.0651. The number of hydrogen-bond donors (Lipinski definition) is 0. The minimum Gasteiger partial charge on any atom is -0.493 e. The van der Waals surface area contributed by atoms with Gasteiger partial charge in [-0.3, -0.25) is 19.4 Å². The van der Waals surface area contributed by atoms with Crippen molar-refractivity contribution in [1.82, 2.24) is 9.80 Å². The van der Waals surface area contributed by atoms with Crippen LogP contribution in [0.5, 0.6) is 46.0 Å². The fourth-order valence-electron chi connectivity index (χ4n) is 8.51. The van der Waals surface area contributed by atoms with Crippen LogP contribution in [0.4, 0.5) is 0 Å². The van der Waals surface area contributed by atoms with E-state index in [4.69, 9.17) is 47.4 Å². The van der Waals surface area contributed by atoms with Crippen LogP contribution in [0.3, 0.4) is 0 Å². The van der Waals surface area contributed by atoms with Crippen molar-refractivity contribution in [2.45, 2.75) is 44.2 Å². The summed E-state index contributed by atoms with van der Waals surface area (Å²) in [5, 5.41) is 0. The Bertz CT molecular complexity index is 2160. The Morgan fingerprint density at radius 3 is 1.39 bits per heavy atom. The topological polar surface area (TPSA) is 133 Å². The third-order valence-electron chi connectivity index (χ3n) is 11.8. The predicted molar refractivity (Wildman–Crippen MR) is 233 cm³/mol. The summed E-state index contributed by atoms with van der Waals surface area (Å²) in [5.74, 6) is 4.56. The van der Waals surface area contributed by atoms with Crippen LogP contribution in [0.25, 0.3) is 0 Å². The third-order valence-corrected chi connectivity index (χ3v) is 11.8. The molecule has 2 unspecified atom stereocenters. The predicted octanol–water partition coefficient (Wildman–Crippen LogP) is 6.26. The van der Waals surface area contributed by atoms with Crippen molar-refractivity contribution in [2.24, 2.45) is 0 Å². The number of benzene rings is 4.